The minimum absolute atomic E-state index is 0. The third kappa shape index (κ3) is 624. The monoisotopic (exact) mass is 1490 g/mol. The van der Waals surface area contributed by atoms with Crippen molar-refractivity contribution in [2.45, 2.75) is 253 Å². The van der Waals surface area contributed by atoms with Gasteiger partial charge in [-0.25, -0.2) is 0 Å². The van der Waals surface area contributed by atoms with Crippen LogP contribution in [0.5, 0.6) is 0 Å². The molecular weight excluding hydrogens is 1350 g/mol. The summed E-state index contributed by atoms with van der Waals surface area (Å²) in [7, 11) is 2.59. The molecule has 0 aromatic heterocycles. The third-order valence-corrected chi connectivity index (χ3v) is 0. The van der Waals surface area contributed by atoms with Gasteiger partial charge < -0.3 is 8.85 Å². The van der Waals surface area contributed by atoms with E-state index in [4.69, 9.17) is 0 Å². The third-order valence-electron chi connectivity index (χ3n) is 0. The van der Waals surface area contributed by atoms with Crippen LogP contribution in [-0.2, 0) is 0 Å². The molecule has 0 bridgehead atoms. The van der Waals surface area contributed by atoms with Crippen LogP contribution in [0.25, 0.3) is 0 Å². The fourth-order valence-electron chi connectivity index (χ4n) is 0. The first-order valence-electron chi connectivity index (χ1n) is 7.48. The van der Waals surface area contributed by atoms with Crippen molar-refractivity contribution in [2.24, 2.45) is 0 Å². The molecule has 57 heavy (non-hydrogen) atoms. The van der Waals surface area contributed by atoms with Gasteiger partial charge in [0.05, 0.1) is 0 Å². The summed E-state index contributed by atoms with van der Waals surface area (Å²) in [5.41, 5.74) is 0. The Hall–Kier alpha value is 32.7. The topological polar surface area (TPSA) is 0 Å². The van der Waals surface area contributed by atoms with Gasteiger partial charge in [-0.15, -0.1) is 8.93 Å². The molecule has 0 radical (unpaired) electrons. The number of halogens is 1. The van der Waals surface area contributed by atoms with E-state index in [0.29, 0.717) is 0 Å². The van der Waals surface area contributed by atoms with E-state index in [2.05, 4.69) is 31.0 Å². The van der Waals surface area contributed by atoms with Gasteiger partial charge in [0.15, 0.2) is 0 Å². The predicted octanol–water partition coefficient (Wildman–Crippen LogP) is 3.68. The van der Waals surface area contributed by atoms with E-state index in [1.807, 2.05) is 0 Å². The first-order chi connectivity index (χ1) is 8.41. The van der Waals surface area contributed by atoms with E-state index in [1.165, 1.54) is 442 Å². The predicted molar refractivity (Wildman–Crippen MR) is 349 cm³/mol. The molecule has 22 heteroatoms. The molecule has 0 fully saturated rings. The molecule has 316 valence electrons. The Kier molecular flexibility index (Phi) is 4280. The zero-order valence-electron chi connectivity index (χ0n) is 22.5. The molecule has 0 saturated carbocycles. The number of hydrogen-bond donors (Lipinski definition) is 0. The molecule has 0 spiro atoms. The maximum absolute atomic E-state index is 2.59. The summed E-state index contributed by atoms with van der Waals surface area (Å²) in [6.45, 7) is 0. The van der Waals surface area contributed by atoms with E-state index >= 15 is 0 Å². The van der Waals surface area contributed by atoms with Gasteiger partial charge in [0, 0.05) is 0 Å². The average Bonchev–Trinajstić information content (AvgIpc) is 2.53. The molecule has 0 aromatic rings. The van der Waals surface area contributed by atoms with Gasteiger partial charge in [0.2, 0.25) is 0 Å². The van der Waals surface area contributed by atoms with Gasteiger partial charge in [-0.05, 0) is 5.91 Å². The number of rotatable bonds is 0. The summed E-state index contributed by atoms with van der Waals surface area (Å²) in [4.78, 5) is 0. The van der Waals surface area contributed by atoms with Gasteiger partial charge in [0.1, 0.15) is 0 Å². The molecule has 0 aliphatic rings. The zero-order valence-corrected chi connectivity index (χ0v) is 85.1. The molecule has 0 nitrogen and oxygen atoms in total. The molecule has 0 aliphatic carbocycles. The standard InChI is InChI=1S/34CH4.CH3.H3IP2.19K.H/c;;;;;;;;;;;;;;;;;;;;;;;;;;;;;;;;;;;1-3-2;;;;;;;;;;;;;;;;;;;;/h34*1H4;1H3;3H,2H2;;;;;;;;;;;;;;;;;;;;/q;;;;;;;;;;;;;;;;;;;;;;;;;;;;;;;;;;-1;;;;;;;;;;;;;;;;5*+1;-1. The molecule has 0 saturated heterocycles. The van der Waals surface area contributed by atoms with Crippen molar-refractivity contribution in [3.63, 3.8) is 0 Å². The Labute approximate surface area is 949 Å². The molecule has 0 aliphatic heterocycles. The molecule has 0 heterocycles. The van der Waals surface area contributed by atoms with E-state index < -0.39 is 0 Å². The summed E-state index contributed by atoms with van der Waals surface area (Å²) in [6, 6.07) is 0. The van der Waals surface area contributed by atoms with Gasteiger partial charge in [-0.3, -0.25) is 0 Å². The quantitative estimate of drug-likeness (QED) is 0.151. The summed E-state index contributed by atoms with van der Waals surface area (Å²) < 4.78 is 0. The first kappa shape index (κ1) is 406. The Morgan fingerprint density at radius 2 is 0.211 bits per heavy atom. The van der Waals surface area contributed by atoms with E-state index in [9.17, 15) is 0 Å². The van der Waals surface area contributed by atoms with Crippen molar-refractivity contribution >= 4 is 479 Å². The fraction of sp³-hybridized carbons (Fsp3) is 0.971. The summed E-state index contributed by atoms with van der Waals surface area (Å²) >= 11 is 19.8. The van der Waals surface area contributed by atoms with Crippen LogP contribution in [0.3, 0.4) is 0 Å². The van der Waals surface area contributed by atoms with Crippen molar-refractivity contribution in [1.82, 2.24) is 0 Å². The Morgan fingerprint density at radius 3 is 0.211 bits per heavy atom. The average molecular weight is 1500 g/mol. The van der Waals surface area contributed by atoms with E-state index in [1.54, 1.807) is 0 Å². The second-order valence-corrected chi connectivity index (χ2v) is 6.59. The van der Waals surface area contributed by atoms with Crippen LogP contribution >= 0.6 is 36.9 Å². The number of hydrogen-bond acceptors (Lipinski definition) is 0. The van der Waals surface area contributed by atoms with E-state index in [0.717, 1.165) is 5.91 Å². The summed E-state index contributed by atoms with van der Waals surface area (Å²) in [5, 5.41) is 0. The SMILES string of the molecule is C.C.C.C.C.C.C.C.C.C.C.C.C.C.C.C.C.C.C.C.C.C.C.C.C.C.C.C.C.C.C.C.C.C.PPI.[CH3-].[H-].[K+].[K+].[K+].[K+].[K+].[K][K].[K][K].[K][K].[K][K].[K][K].[K][K].[K][K]. The van der Waals surface area contributed by atoms with Gasteiger partial charge in [0.25, 0.3) is 0 Å². The normalized spacial score (nSPS) is 1.51. The minimum atomic E-state index is 0. The Morgan fingerprint density at radius 1 is 0.211 bits per heavy atom. The first-order valence-corrected chi connectivity index (χ1v) is 125. The van der Waals surface area contributed by atoms with Crippen LogP contribution in [-0.4, -0.2) is 442 Å². The summed E-state index contributed by atoms with van der Waals surface area (Å²) in [5.74, 6) is 0.970. The Balaban J connectivity index is -0.000000000309. The van der Waals surface area contributed by atoms with Crippen molar-refractivity contribution < 1.29 is 258 Å². The Bertz CT molecular complexity index is 77.5. The van der Waals surface area contributed by atoms with Crippen LogP contribution in [0.1, 0.15) is 254 Å². The maximum atomic E-state index is 2.59. The van der Waals surface area contributed by atoms with Gasteiger partial charge in [-0.1, -0.05) is 275 Å². The molecule has 2 unspecified atom stereocenters. The van der Waals surface area contributed by atoms with Gasteiger partial charge >= 0.3 is 699 Å². The molecule has 0 amide bonds. The van der Waals surface area contributed by atoms with Crippen molar-refractivity contribution in [2.75, 3.05) is 0 Å². The van der Waals surface area contributed by atoms with Crippen LogP contribution in [0.4, 0.5) is 0 Å². The van der Waals surface area contributed by atoms with Crippen LogP contribution < -0.4 is 257 Å². The fourth-order valence-corrected chi connectivity index (χ4v) is 0. The van der Waals surface area contributed by atoms with Crippen molar-refractivity contribution in [1.29, 1.82) is 0 Å². The second-order valence-electron chi connectivity index (χ2n) is 0.109. The zero-order chi connectivity index (χ0) is 16.7. The van der Waals surface area contributed by atoms with E-state index in [-0.39, 0.29) is 518 Å². The summed E-state index contributed by atoms with van der Waals surface area (Å²) in [6.07, 6.45) is 0. The van der Waals surface area contributed by atoms with Gasteiger partial charge in [-0.2, -0.15) is 0 Å². The van der Waals surface area contributed by atoms with Crippen LogP contribution in [0.15, 0.2) is 0 Å². The van der Waals surface area contributed by atoms with Crippen molar-refractivity contribution in [3.8, 4) is 0 Å². The second kappa shape index (κ2) is 601. The van der Waals surface area contributed by atoms with Crippen LogP contribution in [0.2, 0.25) is 0 Å². The van der Waals surface area contributed by atoms with Crippen molar-refractivity contribution in [3.05, 3.63) is 7.43 Å². The molecule has 2 atom stereocenters. The molecule has 0 N–H and O–H groups in total. The molecule has 0 rings (SSSR count). The molecule has 0 aromatic carbocycles. The van der Waals surface area contributed by atoms with Crippen LogP contribution in [0, 0.1) is 7.43 Å². The molecular formula is C35H143IK19P2+3.